The summed E-state index contributed by atoms with van der Waals surface area (Å²) in [5, 5.41) is 2.54. The molecule has 120 valence electrons. The molecular weight excluding hydrogens is 342 g/mol. The average molecular weight is 355 g/mol. The molecule has 5 nitrogen and oxygen atoms in total. The molecule has 0 bridgehead atoms. The lowest BCUT2D eigenvalue weighted by molar-refractivity contribution is 0.529. The second-order valence-electron chi connectivity index (χ2n) is 5.17. The summed E-state index contributed by atoms with van der Waals surface area (Å²) in [4.78, 5) is 21.1. The van der Waals surface area contributed by atoms with Gasteiger partial charge >= 0.3 is 0 Å². The topological polar surface area (TPSA) is 60.9 Å². The highest BCUT2D eigenvalue weighted by Crippen LogP contribution is 2.25. The van der Waals surface area contributed by atoms with Crippen molar-refractivity contribution in [3.05, 3.63) is 64.2 Å². The van der Waals surface area contributed by atoms with Gasteiger partial charge in [0.05, 0.1) is 17.5 Å². The molecule has 0 aliphatic heterocycles. The van der Waals surface area contributed by atoms with Gasteiger partial charge in [-0.25, -0.2) is 9.97 Å². The standard InChI is InChI=1S/C17H13N3O2S2/c1-20-16(21)15-12(7-8-23-15)19-17(20)24-10-14-18-9-13(22-14)11-5-3-2-4-6-11/h2-9H,10H2,1H3. The molecule has 0 N–H and O–H groups in total. The van der Waals surface area contributed by atoms with Gasteiger partial charge in [-0.2, -0.15) is 0 Å². The molecule has 24 heavy (non-hydrogen) atoms. The minimum Gasteiger partial charge on any atom is -0.440 e. The molecule has 3 aromatic heterocycles. The van der Waals surface area contributed by atoms with Crippen LogP contribution in [0.25, 0.3) is 21.5 Å². The smallest absolute Gasteiger partial charge is 0.271 e. The van der Waals surface area contributed by atoms with Crippen molar-refractivity contribution in [2.24, 2.45) is 7.05 Å². The van der Waals surface area contributed by atoms with Crippen LogP contribution in [0.5, 0.6) is 0 Å². The molecule has 0 radical (unpaired) electrons. The fraction of sp³-hybridized carbons (Fsp3) is 0.118. The first-order chi connectivity index (χ1) is 11.7. The molecule has 0 fully saturated rings. The Morgan fingerprint density at radius 3 is 2.92 bits per heavy atom. The highest BCUT2D eigenvalue weighted by molar-refractivity contribution is 7.98. The number of benzene rings is 1. The first-order valence-electron chi connectivity index (χ1n) is 7.29. The van der Waals surface area contributed by atoms with Crippen LogP contribution in [0.4, 0.5) is 0 Å². The van der Waals surface area contributed by atoms with Crippen molar-refractivity contribution in [1.82, 2.24) is 14.5 Å². The highest BCUT2D eigenvalue weighted by Gasteiger charge is 2.12. The van der Waals surface area contributed by atoms with E-state index in [4.69, 9.17) is 4.42 Å². The summed E-state index contributed by atoms with van der Waals surface area (Å²) in [6.07, 6.45) is 1.72. The summed E-state index contributed by atoms with van der Waals surface area (Å²) in [6, 6.07) is 11.7. The molecule has 0 aliphatic carbocycles. The van der Waals surface area contributed by atoms with Gasteiger partial charge in [-0.3, -0.25) is 9.36 Å². The second-order valence-corrected chi connectivity index (χ2v) is 7.03. The third-order valence-corrected chi connectivity index (χ3v) is 5.49. The van der Waals surface area contributed by atoms with Crippen LogP contribution >= 0.6 is 23.1 Å². The summed E-state index contributed by atoms with van der Waals surface area (Å²) in [5.74, 6) is 1.86. The fourth-order valence-corrected chi connectivity index (χ4v) is 3.97. The van der Waals surface area contributed by atoms with E-state index in [-0.39, 0.29) is 5.56 Å². The molecule has 0 atom stereocenters. The predicted molar refractivity (Wildman–Crippen MR) is 96.4 cm³/mol. The highest BCUT2D eigenvalue weighted by atomic mass is 32.2. The van der Waals surface area contributed by atoms with Crippen LogP contribution in [0, 0.1) is 0 Å². The van der Waals surface area contributed by atoms with E-state index in [0.29, 0.717) is 21.5 Å². The summed E-state index contributed by atoms with van der Waals surface area (Å²) < 4.78 is 8.05. The molecule has 3 heterocycles. The third kappa shape index (κ3) is 2.76. The summed E-state index contributed by atoms with van der Waals surface area (Å²) >= 11 is 2.86. The van der Waals surface area contributed by atoms with Crippen LogP contribution in [0.2, 0.25) is 0 Å². The Labute approximate surface area is 146 Å². The monoisotopic (exact) mass is 355 g/mol. The normalized spacial score (nSPS) is 11.2. The maximum absolute atomic E-state index is 12.3. The lowest BCUT2D eigenvalue weighted by Gasteiger charge is -2.05. The molecule has 0 unspecified atom stereocenters. The van der Waals surface area contributed by atoms with Gasteiger partial charge in [0.1, 0.15) is 4.70 Å². The van der Waals surface area contributed by atoms with Crippen LogP contribution < -0.4 is 5.56 Å². The largest absolute Gasteiger partial charge is 0.440 e. The van der Waals surface area contributed by atoms with E-state index in [2.05, 4.69) is 9.97 Å². The van der Waals surface area contributed by atoms with Crippen LogP contribution in [0.1, 0.15) is 5.89 Å². The molecule has 4 aromatic rings. The van der Waals surface area contributed by atoms with Crippen molar-refractivity contribution in [3.63, 3.8) is 0 Å². The SMILES string of the molecule is Cn1c(SCc2ncc(-c3ccccc3)o2)nc2ccsc2c1=O. The third-order valence-electron chi connectivity index (χ3n) is 3.58. The number of thioether (sulfide) groups is 1. The Morgan fingerprint density at radius 2 is 2.08 bits per heavy atom. The zero-order chi connectivity index (χ0) is 16.5. The number of hydrogen-bond donors (Lipinski definition) is 0. The van der Waals surface area contributed by atoms with Crippen LogP contribution in [-0.2, 0) is 12.8 Å². The van der Waals surface area contributed by atoms with Gasteiger partial charge < -0.3 is 4.42 Å². The molecule has 7 heteroatoms. The average Bonchev–Trinajstić information content (AvgIpc) is 3.27. The van der Waals surface area contributed by atoms with Crippen molar-refractivity contribution in [1.29, 1.82) is 0 Å². The number of thiophene rings is 1. The quantitative estimate of drug-likeness (QED) is 0.410. The van der Waals surface area contributed by atoms with E-state index >= 15 is 0 Å². The van der Waals surface area contributed by atoms with Gasteiger partial charge in [-0.15, -0.1) is 11.3 Å². The van der Waals surface area contributed by atoms with Gasteiger partial charge in [0, 0.05) is 12.6 Å². The van der Waals surface area contributed by atoms with Crippen LogP contribution in [0.15, 0.2) is 62.3 Å². The number of nitrogens with zero attached hydrogens (tertiary/aromatic N) is 3. The minimum atomic E-state index is -0.0186. The van der Waals surface area contributed by atoms with Gasteiger partial charge in [-0.05, 0) is 11.4 Å². The summed E-state index contributed by atoms with van der Waals surface area (Å²) in [6.45, 7) is 0. The predicted octanol–water partition coefficient (Wildman–Crippen LogP) is 3.94. The Morgan fingerprint density at radius 1 is 1.25 bits per heavy atom. The molecule has 0 saturated carbocycles. The van der Waals surface area contributed by atoms with E-state index in [9.17, 15) is 4.79 Å². The van der Waals surface area contributed by atoms with Gasteiger partial charge in [-0.1, -0.05) is 42.1 Å². The first kappa shape index (κ1) is 15.2. The Hall–Kier alpha value is -2.38. The van der Waals surface area contributed by atoms with Crippen molar-refractivity contribution < 1.29 is 4.42 Å². The minimum absolute atomic E-state index is 0.0186. The van der Waals surface area contributed by atoms with E-state index < -0.39 is 0 Å². The Kier molecular flexibility index (Phi) is 3.95. The van der Waals surface area contributed by atoms with Crippen molar-refractivity contribution in [3.8, 4) is 11.3 Å². The number of aromatic nitrogens is 3. The lowest BCUT2D eigenvalue weighted by Crippen LogP contribution is -2.18. The van der Waals surface area contributed by atoms with Crippen molar-refractivity contribution >= 4 is 33.3 Å². The van der Waals surface area contributed by atoms with E-state index in [1.165, 1.54) is 23.1 Å². The fourth-order valence-electron chi connectivity index (χ4n) is 2.34. The van der Waals surface area contributed by atoms with Crippen molar-refractivity contribution in [2.45, 2.75) is 10.9 Å². The number of hydrogen-bond acceptors (Lipinski definition) is 6. The van der Waals surface area contributed by atoms with Crippen molar-refractivity contribution in [2.75, 3.05) is 0 Å². The van der Waals surface area contributed by atoms with Crippen LogP contribution in [-0.4, -0.2) is 14.5 Å². The molecule has 0 aliphatic rings. The number of fused-ring (bicyclic) bond motifs is 1. The summed E-state index contributed by atoms with van der Waals surface area (Å²) in [5.41, 5.74) is 1.71. The zero-order valence-corrected chi connectivity index (χ0v) is 14.4. The molecule has 1 aromatic carbocycles. The van der Waals surface area contributed by atoms with Gasteiger partial charge in [0.25, 0.3) is 5.56 Å². The summed E-state index contributed by atoms with van der Waals surface area (Å²) in [7, 11) is 1.74. The zero-order valence-electron chi connectivity index (χ0n) is 12.8. The molecule has 0 saturated heterocycles. The molecule has 0 spiro atoms. The van der Waals surface area contributed by atoms with E-state index in [1.807, 2.05) is 41.8 Å². The van der Waals surface area contributed by atoms with Gasteiger partial charge in [0.15, 0.2) is 10.9 Å². The molecule has 0 amide bonds. The van der Waals surface area contributed by atoms with Gasteiger partial charge in [0.2, 0.25) is 5.89 Å². The first-order valence-corrected chi connectivity index (χ1v) is 9.16. The maximum Gasteiger partial charge on any atom is 0.271 e. The Bertz CT molecular complexity index is 1050. The van der Waals surface area contributed by atoms with Crippen LogP contribution in [0.3, 0.4) is 0 Å². The molecule has 4 rings (SSSR count). The molecular formula is C17H13N3O2S2. The number of oxazole rings is 1. The number of rotatable bonds is 4. The van der Waals surface area contributed by atoms with E-state index in [0.717, 1.165) is 16.8 Å². The lowest BCUT2D eigenvalue weighted by atomic mass is 10.2. The van der Waals surface area contributed by atoms with E-state index in [1.54, 1.807) is 17.8 Å². The Balaban J connectivity index is 1.56. The maximum atomic E-state index is 12.3. The second kappa shape index (κ2) is 6.26.